The van der Waals surface area contributed by atoms with E-state index in [4.69, 9.17) is 4.98 Å². The Morgan fingerprint density at radius 3 is 2.85 bits per heavy atom. The molecule has 2 aromatic rings. The van der Waals surface area contributed by atoms with E-state index in [9.17, 15) is 0 Å². The normalized spacial score (nSPS) is 23.5. The maximum Gasteiger partial charge on any atom is 0.0936 e. The fraction of sp³-hybridized carbons (Fsp3) is 0.500. The van der Waals surface area contributed by atoms with Crippen LogP contribution in [0.5, 0.6) is 0 Å². The van der Waals surface area contributed by atoms with E-state index < -0.39 is 0 Å². The first-order valence-electron chi connectivity index (χ1n) is 7.85. The highest BCUT2D eigenvalue weighted by Gasteiger charge is 2.16. The molecule has 1 aliphatic rings. The van der Waals surface area contributed by atoms with Crippen molar-refractivity contribution in [2.45, 2.75) is 52.0 Å². The van der Waals surface area contributed by atoms with Crippen LogP contribution in [0.4, 0.5) is 5.69 Å². The summed E-state index contributed by atoms with van der Waals surface area (Å²) in [5.74, 6) is 0.884. The number of benzene rings is 1. The molecule has 0 amide bonds. The van der Waals surface area contributed by atoms with Crippen molar-refractivity contribution in [1.29, 1.82) is 0 Å². The molecule has 2 heteroatoms. The lowest BCUT2D eigenvalue weighted by molar-refractivity contribution is 0.502. The molecule has 0 radical (unpaired) electrons. The maximum absolute atomic E-state index is 4.72. The van der Waals surface area contributed by atoms with Crippen LogP contribution >= 0.6 is 0 Å². The van der Waals surface area contributed by atoms with Gasteiger partial charge in [0, 0.05) is 17.1 Å². The van der Waals surface area contributed by atoms with Crippen molar-refractivity contribution in [3.63, 3.8) is 0 Å². The predicted molar refractivity (Wildman–Crippen MR) is 86.1 cm³/mol. The van der Waals surface area contributed by atoms with Gasteiger partial charge in [-0.15, -0.1) is 0 Å². The summed E-state index contributed by atoms with van der Waals surface area (Å²) in [7, 11) is 0. The number of aryl methyl sites for hydroxylation is 1. The van der Waals surface area contributed by atoms with Crippen LogP contribution in [-0.2, 0) is 0 Å². The van der Waals surface area contributed by atoms with Gasteiger partial charge in [0.25, 0.3) is 0 Å². The van der Waals surface area contributed by atoms with E-state index in [1.54, 1.807) is 0 Å². The average Bonchev–Trinajstić information content (AvgIpc) is 2.64. The first kappa shape index (κ1) is 13.4. The SMILES string of the molecule is Cc1ccc2cccc(NC3CCCC(C)CC3)c2n1. The molecule has 1 saturated carbocycles. The third kappa shape index (κ3) is 2.95. The molecule has 106 valence electrons. The van der Waals surface area contributed by atoms with E-state index in [0.29, 0.717) is 6.04 Å². The molecule has 3 rings (SSSR count). The Balaban J connectivity index is 1.85. The largest absolute Gasteiger partial charge is 0.381 e. The molecular weight excluding hydrogens is 244 g/mol. The van der Waals surface area contributed by atoms with Crippen LogP contribution in [0.1, 0.15) is 44.7 Å². The molecule has 2 nitrogen and oxygen atoms in total. The highest BCUT2D eigenvalue weighted by Crippen LogP contribution is 2.28. The van der Waals surface area contributed by atoms with E-state index in [1.165, 1.54) is 43.2 Å². The number of rotatable bonds is 2. The van der Waals surface area contributed by atoms with Gasteiger partial charge in [0.15, 0.2) is 0 Å². The number of para-hydroxylation sites is 1. The monoisotopic (exact) mass is 268 g/mol. The van der Waals surface area contributed by atoms with Crippen molar-refractivity contribution in [3.8, 4) is 0 Å². The summed E-state index contributed by atoms with van der Waals surface area (Å²) in [4.78, 5) is 4.72. The Bertz CT molecular complexity index is 591. The zero-order chi connectivity index (χ0) is 13.9. The molecular formula is C18H24N2. The number of hydrogen-bond donors (Lipinski definition) is 1. The molecule has 0 spiro atoms. The first-order chi connectivity index (χ1) is 9.72. The smallest absolute Gasteiger partial charge is 0.0936 e. The van der Waals surface area contributed by atoms with Crippen molar-refractivity contribution in [2.75, 3.05) is 5.32 Å². The minimum Gasteiger partial charge on any atom is -0.381 e. The third-order valence-corrected chi connectivity index (χ3v) is 4.48. The quantitative estimate of drug-likeness (QED) is 0.782. The predicted octanol–water partition coefficient (Wildman–Crippen LogP) is 4.92. The van der Waals surface area contributed by atoms with E-state index >= 15 is 0 Å². The Labute approximate surface area is 121 Å². The molecule has 0 saturated heterocycles. The zero-order valence-electron chi connectivity index (χ0n) is 12.5. The van der Waals surface area contributed by atoms with Gasteiger partial charge in [-0.25, -0.2) is 0 Å². The number of nitrogens with one attached hydrogen (secondary N) is 1. The standard InChI is InChI=1S/C18H24N2/c1-13-5-3-7-16(12-9-13)20-17-8-4-6-15-11-10-14(2)19-18(15)17/h4,6,8,10-11,13,16,20H,3,5,7,9,12H2,1-2H3. The number of fused-ring (bicyclic) bond motifs is 1. The molecule has 0 bridgehead atoms. The van der Waals surface area contributed by atoms with Crippen molar-refractivity contribution < 1.29 is 0 Å². The summed E-state index contributed by atoms with van der Waals surface area (Å²) in [5, 5.41) is 4.97. The van der Waals surface area contributed by atoms with Gasteiger partial charge in [-0.1, -0.05) is 38.0 Å². The van der Waals surface area contributed by atoms with Crippen molar-refractivity contribution >= 4 is 16.6 Å². The highest BCUT2D eigenvalue weighted by atomic mass is 14.9. The minimum atomic E-state index is 0.605. The highest BCUT2D eigenvalue weighted by molar-refractivity contribution is 5.90. The van der Waals surface area contributed by atoms with Crippen molar-refractivity contribution in [2.24, 2.45) is 5.92 Å². The molecule has 1 heterocycles. The average molecular weight is 268 g/mol. The van der Waals surface area contributed by atoms with E-state index in [0.717, 1.165) is 17.1 Å². The summed E-state index contributed by atoms with van der Waals surface area (Å²) in [6.45, 7) is 4.44. The Morgan fingerprint density at radius 1 is 1.05 bits per heavy atom. The van der Waals surface area contributed by atoms with Gasteiger partial charge in [-0.2, -0.15) is 0 Å². The van der Waals surface area contributed by atoms with E-state index in [1.807, 2.05) is 0 Å². The van der Waals surface area contributed by atoms with Gasteiger partial charge in [-0.05, 0) is 44.2 Å². The Hall–Kier alpha value is -1.57. The fourth-order valence-corrected chi connectivity index (χ4v) is 3.21. The van der Waals surface area contributed by atoms with Crippen LogP contribution in [0.15, 0.2) is 30.3 Å². The summed E-state index contributed by atoms with van der Waals surface area (Å²) < 4.78 is 0. The first-order valence-corrected chi connectivity index (χ1v) is 7.85. The van der Waals surface area contributed by atoms with Gasteiger partial charge in [-0.3, -0.25) is 4.98 Å². The fourth-order valence-electron chi connectivity index (χ4n) is 3.21. The molecule has 2 unspecified atom stereocenters. The lowest BCUT2D eigenvalue weighted by Crippen LogP contribution is -2.18. The summed E-state index contributed by atoms with van der Waals surface area (Å²) >= 11 is 0. The Kier molecular flexibility index (Phi) is 3.90. The van der Waals surface area contributed by atoms with Crippen LogP contribution in [0.2, 0.25) is 0 Å². The molecule has 1 fully saturated rings. The zero-order valence-corrected chi connectivity index (χ0v) is 12.5. The summed E-state index contributed by atoms with van der Waals surface area (Å²) in [5.41, 5.74) is 3.40. The topological polar surface area (TPSA) is 24.9 Å². The van der Waals surface area contributed by atoms with E-state index in [-0.39, 0.29) is 0 Å². The van der Waals surface area contributed by atoms with Crippen LogP contribution in [-0.4, -0.2) is 11.0 Å². The van der Waals surface area contributed by atoms with Crippen LogP contribution in [0.3, 0.4) is 0 Å². The van der Waals surface area contributed by atoms with Crippen LogP contribution in [0, 0.1) is 12.8 Å². The van der Waals surface area contributed by atoms with Gasteiger partial charge in [0.2, 0.25) is 0 Å². The minimum absolute atomic E-state index is 0.605. The number of anilines is 1. The lowest BCUT2D eigenvalue weighted by Gasteiger charge is -2.19. The molecule has 1 aromatic carbocycles. The van der Waals surface area contributed by atoms with Crippen LogP contribution < -0.4 is 5.32 Å². The molecule has 1 N–H and O–H groups in total. The molecule has 0 aliphatic heterocycles. The van der Waals surface area contributed by atoms with Crippen molar-refractivity contribution in [3.05, 3.63) is 36.0 Å². The third-order valence-electron chi connectivity index (χ3n) is 4.48. The number of pyridine rings is 1. The maximum atomic E-state index is 4.72. The second kappa shape index (κ2) is 5.82. The number of nitrogens with zero attached hydrogens (tertiary/aromatic N) is 1. The molecule has 2 atom stereocenters. The molecule has 1 aromatic heterocycles. The van der Waals surface area contributed by atoms with Gasteiger partial charge >= 0.3 is 0 Å². The number of aromatic nitrogens is 1. The molecule has 20 heavy (non-hydrogen) atoms. The second-order valence-corrected chi connectivity index (χ2v) is 6.28. The molecule has 1 aliphatic carbocycles. The lowest BCUT2D eigenvalue weighted by atomic mass is 10.0. The Morgan fingerprint density at radius 2 is 1.95 bits per heavy atom. The van der Waals surface area contributed by atoms with Gasteiger partial charge < -0.3 is 5.32 Å². The number of hydrogen-bond acceptors (Lipinski definition) is 2. The van der Waals surface area contributed by atoms with Gasteiger partial charge in [0.1, 0.15) is 0 Å². The van der Waals surface area contributed by atoms with E-state index in [2.05, 4.69) is 49.5 Å². The van der Waals surface area contributed by atoms with Crippen molar-refractivity contribution in [1.82, 2.24) is 4.98 Å². The summed E-state index contributed by atoms with van der Waals surface area (Å²) in [6, 6.07) is 11.3. The second-order valence-electron chi connectivity index (χ2n) is 6.28. The van der Waals surface area contributed by atoms with Gasteiger partial charge in [0.05, 0.1) is 11.2 Å². The van der Waals surface area contributed by atoms with Crippen LogP contribution in [0.25, 0.3) is 10.9 Å². The summed E-state index contributed by atoms with van der Waals surface area (Å²) in [6.07, 6.45) is 6.63.